The Kier molecular flexibility index (Phi) is 7.87. The van der Waals surface area contributed by atoms with Crippen LogP contribution in [-0.4, -0.2) is 23.0 Å². The zero-order valence-corrected chi connectivity index (χ0v) is 32.9. The number of rotatable bonds is 5. The predicted octanol–water partition coefficient (Wildman–Crippen LogP) is 11.6. The molecule has 0 saturated carbocycles. The molecule has 10 rings (SSSR count). The highest BCUT2D eigenvalue weighted by atomic mass is 28.3. The second kappa shape index (κ2) is 13.0. The number of ether oxygens (including phenoxy) is 1. The summed E-state index contributed by atoms with van der Waals surface area (Å²) < 4.78 is 6.87. The fraction of sp³-hybridized carbons (Fsp3) is 0.100. The van der Waals surface area contributed by atoms with Gasteiger partial charge in [-0.3, -0.25) is 0 Å². The number of aromatic nitrogens is 3. The van der Waals surface area contributed by atoms with Gasteiger partial charge in [0.05, 0.1) is 0 Å². The van der Waals surface area contributed by atoms with Crippen LogP contribution in [0.5, 0.6) is 11.5 Å². The molecule has 2 aliphatic heterocycles. The normalized spacial score (nSPS) is 14.5. The molecule has 8 aromatic rings. The van der Waals surface area contributed by atoms with Gasteiger partial charge < -0.3 is 9.64 Å². The molecule has 0 atom stereocenters. The number of hydrogen-bond donors (Lipinski definition) is 0. The SMILES string of the molecule is CC1(C)c2ccc(-c3ccc4c(c3)[Si](C)(C)c3ccccc3N4c3ccccc3)cc2Oc2cc(-c3nc(-c4ccccc4)nc(-c4ccccc4)n3)ccc21. The van der Waals surface area contributed by atoms with Crippen LogP contribution in [-0.2, 0) is 5.41 Å². The first-order valence-corrected chi connectivity index (χ1v) is 22.2. The Labute approximate surface area is 329 Å². The number of anilines is 3. The van der Waals surface area contributed by atoms with Gasteiger partial charge in [0.2, 0.25) is 0 Å². The molecule has 0 bridgehead atoms. The van der Waals surface area contributed by atoms with Crippen LogP contribution in [0.15, 0.2) is 170 Å². The minimum absolute atomic E-state index is 0.284. The zero-order chi connectivity index (χ0) is 38.0. The monoisotopic (exact) mass is 740 g/mol. The lowest BCUT2D eigenvalue weighted by Gasteiger charge is -2.41. The third-order valence-corrected chi connectivity index (χ3v) is 15.1. The van der Waals surface area contributed by atoms with E-state index in [-0.39, 0.29) is 5.41 Å². The van der Waals surface area contributed by atoms with Crippen molar-refractivity contribution in [3.05, 3.63) is 181 Å². The highest BCUT2D eigenvalue weighted by Crippen LogP contribution is 2.50. The molecule has 56 heavy (non-hydrogen) atoms. The van der Waals surface area contributed by atoms with Gasteiger partial charge in [0.25, 0.3) is 0 Å². The van der Waals surface area contributed by atoms with Crippen LogP contribution in [0.1, 0.15) is 25.0 Å². The van der Waals surface area contributed by atoms with Gasteiger partial charge in [0, 0.05) is 50.3 Å². The van der Waals surface area contributed by atoms with E-state index in [9.17, 15) is 0 Å². The topological polar surface area (TPSA) is 51.1 Å². The molecule has 1 aromatic heterocycles. The maximum absolute atomic E-state index is 6.87. The Bertz CT molecular complexity index is 2730. The maximum atomic E-state index is 6.87. The Balaban J connectivity index is 1.04. The summed E-state index contributed by atoms with van der Waals surface area (Å²) in [5.41, 5.74) is 10.8. The van der Waals surface area contributed by atoms with E-state index in [2.05, 4.69) is 141 Å². The van der Waals surface area contributed by atoms with E-state index in [0.717, 1.165) is 44.9 Å². The number of para-hydroxylation sites is 2. The van der Waals surface area contributed by atoms with Crippen molar-refractivity contribution in [2.75, 3.05) is 4.90 Å². The summed E-state index contributed by atoms with van der Waals surface area (Å²) in [6.45, 7) is 9.50. The number of benzene rings is 7. The van der Waals surface area contributed by atoms with Gasteiger partial charge in [0.1, 0.15) is 19.6 Å². The lowest BCUT2D eigenvalue weighted by atomic mass is 9.75. The van der Waals surface area contributed by atoms with Crippen LogP contribution in [0, 0.1) is 0 Å². The zero-order valence-electron chi connectivity index (χ0n) is 31.9. The van der Waals surface area contributed by atoms with Crippen molar-refractivity contribution in [3.63, 3.8) is 0 Å². The largest absolute Gasteiger partial charge is 0.457 e. The summed E-state index contributed by atoms with van der Waals surface area (Å²) in [7, 11) is -2.05. The Morgan fingerprint density at radius 2 is 0.911 bits per heavy atom. The molecule has 5 nitrogen and oxygen atoms in total. The van der Waals surface area contributed by atoms with Crippen molar-refractivity contribution in [3.8, 4) is 56.8 Å². The predicted molar refractivity (Wildman–Crippen MR) is 232 cm³/mol. The molecule has 6 heteroatoms. The lowest BCUT2D eigenvalue weighted by Crippen LogP contribution is -2.58. The van der Waals surface area contributed by atoms with Gasteiger partial charge >= 0.3 is 0 Å². The quantitative estimate of drug-likeness (QED) is 0.164. The van der Waals surface area contributed by atoms with Gasteiger partial charge in [-0.05, 0) is 57.9 Å². The number of nitrogens with zero attached hydrogens (tertiary/aromatic N) is 4. The lowest BCUT2D eigenvalue weighted by molar-refractivity contribution is 0.418. The molecule has 270 valence electrons. The Morgan fingerprint density at radius 1 is 0.446 bits per heavy atom. The number of fused-ring (bicyclic) bond motifs is 4. The van der Waals surface area contributed by atoms with Crippen LogP contribution in [0.3, 0.4) is 0 Å². The third kappa shape index (κ3) is 5.56. The van der Waals surface area contributed by atoms with E-state index in [1.807, 2.05) is 60.7 Å². The van der Waals surface area contributed by atoms with Crippen molar-refractivity contribution < 1.29 is 4.74 Å². The molecule has 0 unspecified atom stereocenters. The molecular weight excluding hydrogens is 701 g/mol. The first-order chi connectivity index (χ1) is 27.3. The van der Waals surface area contributed by atoms with Gasteiger partial charge in [0.15, 0.2) is 17.5 Å². The minimum Gasteiger partial charge on any atom is -0.457 e. The summed E-state index contributed by atoms with van der Waals surface area (Å²) in [5, 5.41) is 2.87. The minimum atomic E-state index is -2.05. The Hall–Kier alpha value is -6.63. The fourth-order valence-electron chi connectivity index (χ4n) is 8.50. The van der Waals surface area contributed by atoms with Gasteiger partial charge in [-0.2, -0.15) is 0 Å². The summed E-state index contributed by atoms with van der Waals surface area (Å²) in [6.07, 6.45) is 0. The molecule has 0 fully saturated rings. The molecule has 0 amide bonds. The van der Waals surface area contributed by atoms with E-state index in [1.165, 1.54) is 33.0 Å². The molecule has 0 spiro atoms. The molecule has 0 N–H and O–H groups in total. The first kappa shape index (κ1) is 33.9. The van der Waals surface area contributed by atoms with E-state index >= 15 is 0 Å². The van der Waals surface area contributed by atoms with Crippen molar-refractivity contribution in [2.24, 2.45) is 0 Å². The third-order valence-electron chi connectivity index (χ3n) is 11.6. The molecule has 0 saturated heterocycles. The second-order valence-electron chi connectivity index (χ2n) is 15.7. The maximum Gasteiger partial charge on any atom is 0.164 e. The molecule has 0 radical (unpaired) electrons. The van der Waals surface area contributed by atoms with Gasteiger partial charge in [-0.1, -0.05) is 160 Å². The van der Waals surface area contributed by atoms with E-state index in [0.29, 0.717) is 17.5 Å². The van der Waals surface area contributed by atoms with Crippen LogP contribution in [0.25, 0.3) is 45.3 Å². The van der Waals surface area contributed by atoms with Crippen LogP contribution in [0.2, 0.25) is 13.1 Å². The summed E-state index contributed by atoms with van der Waals surface area (Å²) >= 11 is 0. The van der Waals surface area contributed by atoms with Crippen LogP contribution in [0.4, 0.5) is 17.1 Å². The molecule has 0 aliphatic carbocycles. The molecule has 7 aromatic carbocycles. The average molecular weight is 741 g/mol. The van der Waals surface area contributed by atoms with Crippen molar-refractivity contribution in [1.29, 1.82) is 0 Å². The molecule has 2 aliphatic rings. The van der Waals surface area contributed by atoms with E-state index in [1.54, 1.807) is 0 Å². The van der Waals surface area contributed by atoms with E-state index in [4.69, 9.17) is 19.7 Å². The number of hydrogen-bond acceptors (Lipinski definition) is 5. The highest BCUT2D eigenvalue weighted by Gasteiger charge is 2.39. The Morgan fingerprint density at radius 3 is 1.54 bits per heavy atom. The van der Waals surface area contributed by atoms with Crippen LogP contribution >= 0.6 is 0 Å². The second-order valence-corrected chi connectivity index (χ2v) is 20.1. The fourth-order valence-corrected chi connectivity index (χ4v) is 11.5. The van der Waals surface area contributed by atoms with E-state index < -0.39 is 8.07 Å². The highest BCUT2D eigenvalue weighted by molar-refractivity contribution is 7.02. The smallest absolute Gasteiger partial charge is 0.164 e. The summed E-state index contributed by atoms with van der Waals surface area (Å²) in [5.74, 6) is 3.56. The van der Waals surface area contributed by atoms with Crippen molar-refractivity contribution in [1.82, 2.24) is 15.0 Å². The van der Waals surface area contributed by atoms with Crippen molar-refractivity contribution in [2.45, 2.75) is 32.4 Å². The van der Waals surface area contributed by atoms with Crippen molar-refractivity contribution >= 4 is 35.5 Å². The van der Waals surface area contributed by atoms with Crippen LogP contribution < -0.4 is 20.0 Å². The average Bonchev–Trinajstić information content (AvgIpc) is 3.24. The standard InChI is InChI=1S/C50H40N4OSi/c1-50(2)39-27-24-35(36-26-29-42-46(32-36)56(3,4)45-23-15-14-22-41(45)54(42)38-20-12-7-13-21-38)30-43(39)55-44-31-37(25-28-40(44)50)49-52-47(33-16-8-5-9-17-33)51-48(53-49)34-18-10-6-11-19-34/h5-32H,1-4H3. The first-order valence-electron chi connectivity index (χ1n) is 19.2. The molecular formula is C50H40N4OSi. The summed E-state index contributed by atoms with van der Waals surface area (Å²) in [4.78, 5) is 17.3. The van der Waals surface area contributed by atoms with Gasteiger partial charge in [-0.15, -0.1) is 0 Å². The van der Waals surface area contributed by atoms with Gasteiger partial charge in [-0.25, -0.2) is 15.0 Å². The summed E-state index contributed by atoms with van der Waals surface area (Å²) in [6, 6.07) is 59.9. The molecule has 3 heterocycles.